The molecule has 0 unspecified atom stereocenters. The molecule has 0 aliphatic carbocycles. The molecule has 0 heterocycles. The number of hydrogen-bond donors (Lipinski definition) is 0. The van der Waals surface area contributed by atoms with Gasteiger partial charge in [-0.25, -0.2) is 0 Å². The topological polar surface area (TPSA) is 34.1 Å². The van der Waals surface area contributed by atoms with Crippen molar-refractivity contribution in [3.8, 4) is 0 Å². The van der Waals surface area contributed by atoms with Crippen molar-refractivity contribution in [2.45, 2.75) is 23.6 Å². The Morgan fingerprint density at radius 3 is 1.17 bits per heavy atom. The van der Waals surface area contributed by atoms with E-state index in [0.29, 0.717) is 0 Å². The predicted octanol–water partition coefficient (Wildman–Crippen LogP) is 5.86. The van der Waals surface area contributed by atoms with Gasteiger partial charge in [0.05, 0.1) is 0 Å². The van der Waals surface area contributed by atoms with Crippen LogP contribution in [0.15, 0.2) is 58.3 Å². The zero-order valence-electron chi connectivity index (χ0n) is 13.3. The lowest BCUT2D eigenvalue weighted by Crippen LogP contribution is -1.88. The average Bonchev–Trinajstić information content (AvgIpc) is 2.50. The highest BCUT2D eigenvalue weighted by Crippen LogP contribution is 2.39. The minimum atomic E-state index is 0.0914. The van der Waals surface area contributed by atoms with Gasteiger partial charge in [-0.3, -0.25) is 9.59 Å². The molecule has 0 aliphatic rings. The third kappa shape index (κ3) is 2.66. The van der Waals surface area contributed by atoms with E-state index < -0.39 is 0 Å². The van der Waals surface area contributed by atoms with E-state index in [0.717, 1.165) is 31.3 Å². The molecule has 0 atom stereocenters. The van der Waals surface area contributed by atoms with Crippen LogP contribution in [0.25, 0.3) is 32.3 Å². The first-order valence-corrected chi connectivity index (χ1v) is 9.24. The second-order valence-corrected chi connectivity index (χ2v) is 8.31. The SMILES string of the molecule is CC(=O)Sc1cc2ccc3cc(SC(C)=O)cc4ccc(c1)c2c34. The molecule has 0 aromatic heterocycles. The zero-order valence-corrected chi connectivity index (χ0v) is 14.9. The number of thioether (sulfide) groups is 2. The van der Waals surface area contributed by atoms with Gasteiger partial charge in [0.2, 0.25) is 0 Å². The summed E-state index contributed by atoms with van der Waals surface area (Å²) in [6.07, 6.45) is 0. The Hall–Kier alpha value is -2.04. The maximum absolute atomic E-state index is 11.4. The van der Waals surface area contributed by atoms with Gasteiger partial charge in [-0.2, -0.15) is 0 Å². The van der Waals surface area contributed by atoms with Crippen LogP contribution in [0.1, 0.15) is 13.8 Å². The van der Waals surface area contributed by atoms with E-state index in [9.17, 15) is 9.59 Å². The normalized spacial score (nSPS) is 11.6. The molecule has 0 N–H and O–H groups in total. The lowest BCUT2D eigenvalue weighted by Gasteiger charge is -2.13. The molecule has 24 heavy (non-hydrogen) atoms. The van der Waals surface area contributed by atoms with E-state index in [4.69, 9.17) is 0 Å². The van der Waals surface area contributed by atoms with Gasteiger partial charge >= 0.3 is 0 Å². The molecule has 0 amide bonds. The second-order valence-electron chi connectivity index (χ2n) is 5.81. The molecule has 4 aromatic rings. The largest absolute Gasteiger partial charge is 0.287 e. The van der Waals surface area contributed by atoms with Gasteiger partial charge in [0.25, 0.3) is 0 Å². The van der Waals surface area contributed by atoms with Crippen LogP contribution in [-0.2, 0) is 9.59 Å². The van der Waals surface area contributed by atoms with Crippen LogP contribution in [-0.4, -0.2) is 10.2 Å². The maximum atomic E-state index is 11.4. The van der Waals surface area contributed by atoms with E-state index in [-0.39, 0.29) is 10.2 Å². The van der Waals surface area contributed by atoms with Crippen LogP contribution in [0.2, 0.25) is 0 Å². The first-order valence-electron chi connectivity index (χ1n) is 7.61. The Labute approximate surface area is 147 Å². The first kappa shape index (κ1) is 15.5. The number of carbonyl (C=O) groups is 2. The van der Waals surface area contributed by atoms with Crippen molar-refractivity contribution in [1.29, 1.82) is 0 Å². The van der Waals surface area contributed by atoms with Gasteiger partial charge in [-0.05, 0) is 56.6 Å². The minimum absolute atomic E-state index is 0.0914. The van der Waals surface area contributed by atoms with E-state index in [1.807, 2.05) is 0 Å². The molecule has 4 heteroatoms. The Morgan fingerprint density at radius 2 is 0.917 bits per heavy atom. The minimum Gasteiger partial charge on any atom is -0.287 e. The maximum Gasteiger partial charge on any atom is 0.190 e. The van der Waals surface area contributed by atoms with Crippen molar-refractivity contribution in [2.24, 2.45) is 0 Å². The van der Waals surface area contributed by atoms with Crippen LogP contribution in [0, 0.1) is 0 Å². The second kappa shape index (κ2) is 5.80. The molecule has 0 fully saturated rings. The third-order valence-electron chi connectivity index (χ3n) is 4.00. The molecular formula is C20H14O2S2. The molecule has 4 aromatic carbocycles. The number of rotatable bonds is 2. The van der Waals surface area contributed by atoms with Crippen LogP contribution in [0.4, 0.5) is 0 Å². The van der Waals surface area contributed by atoms with Crippen LogP contribution in [0.5, 0.6) is 0 Å². The lowest BCUT2D eigenvalue weighted by molar-refractivity contribution is -0.109. The summed E-state index contributed by atoms with van der Waals surface area (Å²) in [6.45, 7) is 3.17. The average molecular weight is 350 g/mol. The van der Waals surface area contributed by atoms with Crippen LogP contribution >= 0.6 is 23.5 Å². The van der Waals surface area contributed by atoms with Crippen molar-refractivity contribution >= 4 is 66.1 Å². The van der Waals surface area contributed by atoms with E-state index in [1.165, 1.54) is 34.3 Å². The van der Waals surface area contributed by atoms with E-state index in [2.05, 4.69) is 48.5 Å². The monoisotopic (exact) mass is 350 g/mol. The van der Waals surface area contributed by atoms with Gasteiger partial charge in [0.1, 0.15) is 0 Å². The zero-order chi connectivity index (χ0) is 16.8. The quantitative estimate of drug-likeness (QED) is 0.335. The fraction of sp³-hybridized carbons (Fsp3) is 0.100. The van der Waals surface area contributed by atoms with Crippen molar-refractivity contribution in [3.63, 3.8) is 0 Å². The number of benzene rings is 4. The lowest BCUT2D eigenvalue weighted by atomic mass is 9.94. The van der Waals surface area contributed by atoms with Crippen molar-refractivity contribution in [1.82, 2.24) is 0 Å². The molecule has 4 rings (SSSR count). The highest BCUT2D eigenvalue weighted by atomic mass is 32.2. The first-order chi connectivity index (χ1) is 11.5. The highest BCUT2D eigenvalue weighted by Gasteiger charge is 2.12. The van der Waals surface area contributed by atoms with E-state index >= 15 is 0 Å². The summed E-state index contributed by atoms with van der Waals surface area (Å²) in [5, 5.41) is 7.18. The highest BCUT2D eigenvalue weighted by molar-refractivity contribution is 8.13. The van der Waals surface area contributed by atoms with Crippen molar-refractivity contribution in [3.05, 3.63) is 48.5 Å². The predicted molar refractivity (Wildman–Crippen MR) is 103 cm³/mol. The molecular weight excluding hydrogens is 336 g/mol. The van der Waals surface area contributed by atoms with Crippen molar-refractivity contribution < 1.29 is 9.59 Å². The molecule has 0 bridgehead atoms. The molecule has 0 aliphatic heterocycles. The smallest absolute Gasteiger partial charge is 0.190 e. The third-order valence-corrected chi connectivity index (χ3v) is 5.52. The fourth-order valence-electron chi connectivity index (χ4n) is 3.23. The summed E-state index contributed by atoms with van der Waals surface area (Å²) in [7, 11) is 0. The Balaban J connectivity index is 2.02. The van der Waals surface area contributed by atoms with Gasteiger partial charge in [0.15, 0.2) is 10.2 Å². The summed E-state index contributed by atoms with van der Waals surface area (Å²) in [6, 6.07) is 16.7. The summed E-state index contributed by atoms with van der Waals surface area (Å²) in [5.41, 5.74) is 0. The molecule has 0 saturated carbocycles. The standard InChI is InChI=1S/C20H14O2S2/c1-11(21)23-17-7-13-3-5-15-9-18(24-12(2)22)10-16-6-4-14(8-17)19(13)20(15)16/h3-10H,1-2H3. The summed E-state index contributed by atoms with van der Waals surface area (Å²) < 4.78 is 0. The molecule has 118 valence electrons. The number of carbonyl (C=O) groups excluding carboxylic acids is 2. The molecule has 0 radical (unpaired) electrons. The molecule has 0 spiro atoms. The van der Waals surface area contributed by atoms with Crippen LogP contribution < -0.4 is 0 Å². The summed E-state index contributed by atoms with van der Waals surface area (Å²) in [5.74, 6) is 0. The fourth-order valence-corrected chi connectivity index (χ4v) is 4.64. The van der Waals surface area contributed by atoms with Crippen LogP contribution in [0.3, 0.4) is 0 Å². The van der Waals surface area contributed by atoms with Gasteiger partial charge < -0.3 is 0 Å². The van der Waals surface area contributed by atoms with Gasteiger partial charge in [-0.15, -0.1) is 0 Å². The summed E-state index contributed by atoms with van der Waals surface area (Å²) in [4.78, 5) is 24.8. The molecule has 0 saturated heterocycles. The van der Waals surface area contributed by atoms with Crippen molar-refractivity contribution in [2.75, 3.05) is 0 Å². The number of hydrogen-bond acceptors (Lipinski definition) is 4. The van der Waals surface area contributed by atoms with Gasteiger partial charge in [0, 0.05) is 23.6 Å². The molecule has 2 nitrogen and oxygen atoms in total. The Morgan fingerprint density at radius 1 is 0.625 bits per heavy atom. The Bertz CT molecular complexity index is 959. The van der Waals surface area contributed by atoms with E-state index in [1.54, 1.807) is 13.8 Å². The summed E-state index contributed by atoms with van der Waals surface area (Å²) >= 11 is 2.53. The van der Waals surface area contributed by atoms with Gasteiger partial charge in [-0.1, -0.05) is 47.8 Å². The Kier molecular flexibility index (Phi) is 3.74.